The molecule has 3 rings (SSSR count). The van der Waals surface area contributed by atoms with Gasteiger partial charge >= 0.3 is 0 Å². The number of hydrogen-bond acceptors (Lipinski definition) is 7. The number of allylic oxidation sites excluding steroid dienone is 3. The fourth-order valence-electron chi connectivity index (χ4n) is 3.66. The van der Waals surface area contributed by atoms with Gasteiger partial charge < -0.3 is 20.9 Å². The van der Waals surface area contributed by atoms with Crippen LogP contribution in [0.3, 0.4) is 0 Å². The Morgan fingerprint density at radius 3 is 2.75 bits per heavy atom. The number of pyridine rings is 1. The van der Waals surface area contributed by atoms with E-state index in [1.165, 1.54) is 0 Å². The van der Waals surface area contributed by atoms with Crippen molar-refractivity contribution in [3.63, 3.8) is 0 Å². The number of anilines is 2. The highest BCUT2D eigenvalue weighted by Gasteiger charge is 2.20. The lowest BCUT2D eigenvalue weighted by molar-refractivity contribution is 0.743. The number of aromatic amines is 1. The van der Waals surface area contributed by atoms with Crippen LogP contribution in [0.5, 0.6) is 0 Å². The molecule has 8 nitrogen and oxygen atoms in total. The van der Waals surface area contributed by atoms with Gasteiger partial charge in [-0.2, -0.15) is 0 Å². The molecule has 0 aliphatic heterocycles. The molecule has 0 unspecified atom stereocenters. The number of rotatable bonds is 8. The number of aromatic nitrogens is 4. The maximum atomic E-state index is 6.36. The quantitative estimate of drug-likeness (QED) is 0.456. The smallest absolute Gasteiger partial charge is 0.156 e. The first-order valence-electron chi connectivity index (χ1n) is 10.8. The highest BCUT2D eigenvalue weighted by molar-refractivity contribution is 6.15. The van der Waals surface area contributed by atoms with E-state index in [1.807, 2.05) is 38.4 Å². The van der Waals surface area contributed by atoms with Gasteiger partial charge in [0.05, 0.1) is 22.5 Å². The molecule has 0 radical (unpaired) electrons. The number of nitrogens with zero attached hydrogens (tertiary/aromatic N) is 5. The standard InChI is InChI=1S/C24H32N8/c1-7-16(5)32(15(3)4)24-19(25)9-10-20(31-24)18-13-28-23-21(18)22(29-14-30-23)17(11-26-6)12-27-8-2/h7,9-15,27H,8,25H2,1-6H3,(H,28,29,30)/b16-7+,17-12+,26-11?. The molecule has 4 N–H and O–H groups in total. The number of aliphatic imine (C=N–C) groups is 1. The van der Waals surface area contributed by atoms with Crippen LogP contribution in [0, 0.1) is 0 Å². The van der Waals surface area contributed by atoms with Crippen LogP contribution in [0.15, 0.2) is 47.6 Å². The number of hydrogen-bond donors (Lipinski definition) is 3. The van der Waals surface area contributed by atoms with E-state index in [2.05, 4.69) is 57.0 Å². The van der Waals surface area contributed by atoms with Crippen molar-refractivity contribution in [2.45, 2.75) is 40.7 Å². The van der Waals surface area contributed by atoms with E-state index in [9.17, 15) is 0 Å². The first-order valence-corrected chi connectivity index (χ1v) is 10.8. The van der Waals surface area contributed by atoms with E-state index in [1.54, 1.807) is 19.6 Å². The minimum atomic E-state index is 0.202. The second-order valence-corrected chi connectivity index (χ2v) is 7.70. The molecule has 3 aromatic heterocycles. The van der Waals surface area contributed by atoms with E-state index < -0.39 is 0 Å². The minimum Gasteiger partial charge on any atom is -0.396 e. The van der Waals surface area contributed by atoms with Gasteiger partial charge in [0.1, 0.15) is 12.0 Å². The zero-order valence-corrected chi connectivity index (χ0v) is 19.6. The first kappa shape index (κ1) is 23.0. The van der Waals surface area contributed by atoms with Crippen molar-refractivity contribution in [3.8, 4) is 11.3 Å². The van der Waals surface area contributed by atoms with E-state index >= 15 is 0 Å². The number of fused-ring (bicyclic) bond motifs is 1. The Hall–Kier alpha value is -3.68. The van der Waals surface area contributed by atoms with Gasteiger partial charge in [-0.3, -0.25) is 4.99 Å². The third-order valence-corrected chi connectivity index (χ3v) is 5.20. The Kier molecular flexibility index (Phi) is 7.25. The van der Waals surface area contributed by atoms with Gasteiger partial charge in [-0.1, -0.05) is 6.08 Å². The summed E-state index contributed by atoms with van der Waals surface area (Å²) in [6.07, 6.45) is 9.25. The second kappa shape index (κ2) is 10.1. The molecule has 32 heavy (non-hydrogen) atoms. The van der Waals surface area contributed by atoms with Gasteiger partial charge in [0.25, 0.3) is 0 Å². The van der Waals surface area contributed by atoms with E-state index in [4.69, 9.17) is 10.7 Å². The lowest BCUT2D eigenvalue weighted by Crippen LogP contribution is -2.30. The highest BCUT2D eigenvalue weighted by Crippen LogP contribution is 2.34. The second-order valence-electron chi connectivity index (χ2n) is 7.70. The molecular weight excluding hydrogens is 400 g/mol. The lowest BCUT2D eigenvalue weighted by Gasteiger charge is -2.30. The average Bonchev–Trinajstić information content (AvgIpc) is 3.22. The van der Waals surface area contributed by atoms with Gasteiger partial charge in [-0.25, -0.2) is 15.0 Å². The largest absolute Gasteiger partial charge is 0.396 e. The van der Waals surface area contributed by atoms with Gasteiger partial charge in [0, 0.05) is 55.1 Å². The normalized spacial score (nSPS) is 12.8. The molecule has 0 amide bonds. The maximum absolute atomic E-state index is 6.36. The zero-order chi connectivity index (χ0) is 23.3. The number of H-pyrrole nitrogens is 1. The molecule has 168 valence electrons. The van der Waals surface area contributed by atoms with Crippen molar-refractivity contribution in [2.24, 2.45) is 4.99 Å². The fourth-order valence-corrected chi connectivity index (χ4v) is 3.66. The topological polar surface area (TPSA) is 108 Å². The molecule has 0 bridgehead atoms. The molecule has 0 fully saturated rings. The predicted octanol–water partition coefficient (Wildman–Crippen LogP) is 4.39. The summed E-state index contributed by atoms with van der Waals surface area (Å²) in [6.45, 7) is 11.2. The third-order valence-electron chi connectivity index (χ3n) is 5.20. The monoisotopic (exact) mass is 432 g/mol. The highest BCUT2D eigenvalue weighted by atomic mass is 15.2. The van der Waals surface area contributed by atoms with Gasteiger partial charge in [0.15, 0.2) is 5.82 Å². The molecule has 0 saturated heterocycles. The number of nitrogens with two attached hydrogens (primary N) is 1. The first-order chi connectivity index (χ1) is 15.4. The summed E-state index contributed by atoms with van der Waals surface area (Å²) in [5.41, 5.74) is 12.2. The van der Waals surface area contributed by atoms with E-state index in [0.717, 1.165) is 51.6 Å². The Labute approximate surface area is 189 Å². The summed E-state index contributed by atoms with van der Waals surface area (Å²) in [5.74, 6) is 0.736. The Bertz CT molecular complexity index is 1170. The summed E-state index contributed by atoms with van der Waals surface area (Å²) in [5, 5.41) is 4.13. The Morgan fingerprint density at radius 2 is 2.09 bits per heavy atom. The number of nitrogen functional groups attached to an aromatic ring is 1. The van der Waals surface area contributed by atoms with Gasteiger partial charge in [-0.05, 0) is 46.8 Å². The fraction of sp³-hybridized carbons (Fsp3) is 0.333. The average molecular weight is 433 g/mol. The zero-order valence-electron chi connectivity index (χ0n) is 19.6. The molecular formula is C24H32N8. The summed E-state index contributed by atoms with van der Waals surface area (Å²) in [7, 11) is 1.74. The molecule has 0 aliphatic carbocycles. The van der Waals surface area contributed by atoms with Crippen molar-refractivity contribution in [3.05, 3.63) is 48.3 Å². The van der Waals surface area contributed by atoms with Crippen molar-refractivity contribution in [1.82, 2.24) is 25.3 Å². The van der Waals surface area contributed by atoms with Crippen LogP contribution >= 0.6 is 0 Å². The summed E-state index contributed by atoms with van der Waals surface area (Å²) in [4.78, 5) is 23.6. The Morgan fingerprint density at radius 1 is 1.31 bits per heavy atom. The van der Waals surface area contributed by atoms with Crippen LogP contribution in [0.1, 0.15) is 40.3 Å². The Balaban J connectivity index is 2.24. The van der Waals surface area contributed by atoms with Crippen molar-refractivity contribution in [2.75, 3.05) is 24.2 Å². The summed E-state index contributed by atoms with van der Waals surface area (Å²) >= 11 is 0. The van der Waals surface area contributed by atoms with Crippen LogP contribution in [-0.4, -0.2) is 45.8 Å². The molecule has 0 aliphatic rings. The van der Waals surface area contributed by atoms with Gasteiger partial charge in [0.2, 0.25) is 0 Å². The van der Waals surface area contributed by atoms with E-state index in [0.29, 0.717) is 5.69 Å². The molecule has 8 heteroatoms. The van der Waals surface area contributed by atoms with Crippen molar-refractivity contribution < 1.29 is 0 Å². The molecule has 3 aromatic rings. The van der Waals surface area contributed by atoms with Crippen LogP contribution in [-0.2, 0) is 0 Å². The van der Waals surface area contributed by atoms with Crippen LogP contribution in [0.25, 0.3) is 27.9 Å². The summed E-state index contributed by atoms with van der Waals surface area (Å²) < 4.78 is 0. The maximum Gasteiger partial charge on any atom is 0.156 e. The van der Waals surface area contributed by atoms with Crippen molar-refractivity contribution >= 4 is 34.3 Å². The SMILES string of the molecule is C/C=C(\C)N(c1nc(-c2c[nH]c3ncnc(/C(C=NC)=C/NCC)c23)ccc1N)C(C)C. The predicted molar refractivity (Wildman–Crippen MR) is 135 cm³/mol. The molecule has 0 saturated carbocycles. The molecule has 0 atom stereocenters. The van der Waals surface area contributed by atoms with Crippen molar-refractivity contribution in [1.29, 1.82) is 0 Å². The summed E-state index contributed by atoms with van der Waals surface area (Å²) in [6, 6.07) is 4.04. The van der Waals surface area contributed by atoms with Crippen LogP contribution in [0.2, 0.25) is 0 Å². The minimum absolute atomic E-state index is 0.202. The van der Waals surface area contributed by atoms with Gasteiger partial charge in [-0.15, -0.1) is 0 Å². The molecule has 0 aromatic carbocycles. The molecule has 3 heterocycles. The van der Waals surface area contributed by atoms with E-state index in [-0.39, 0.29) is 6.04 Å². The number of nitrogens with one attached hydrogen (secondary N) is 2. The molecule has 0 spiro atoms. The third kappa shape index (κ3) is 4.49. The lowest BCUT2D eigenvalue weighted by atomic mass is 10.1. The van der Waals surface area contributed by atoms with Crippen LogP contribution < -0.4 is 16.0 Å². The van der Waals surface area contributed by atoms with Crippen LogP contribution in [0.4, 0.5) is 11.5 Å².